The largest absolute Gasteiger partial charge is 0.497 e. The predicted octanol–water partition coefficient (Wildman–Crippen LogP) is 2.33. The van der Waals surface area contributed by atoms with Crippen LogP contribution in [0.25, 0.3) is 6.08 Å². The van der Waals surface area contributed by atoms with Gasteiger partial charge in [-0.3, -0.25) is 0 Å². The van der Waals surface area contributed by atoms with Crippen LogP contribution in [0.4, 0.5) is 0 Å². The van der Waals surface area contributed by atoms with Gasteiger partial charge in [0.2, 0.25) is 0 Å². The maximum Gasteiger partial charge on any atom is 0.131 e. The summed E-state index contributed by atoms with van der Waals surface area (Å²) >= 11 is 6.08. The lowest BCUT2D eigenvalue weighted by molar-refractivity contribution is 0.394. The summed E-state index contributed by atoms with van der Waals surface area (Å²) in [5.74, 6) is 1.34. The van der Waals surface area contributed by atoms with E-state index >= 15 is 0 Å². The first-order valence-electron chi connectivity index (χ1n) is 4.51. The Labute approximate surface area is 94.4 Å². The topological polar surface area (TPSA) is 44.5 Å². The van der Waals surface area contributed by atoms with Crippen LogP contribution < -0.4 is 15.2 Å². The number of rotatable bonds is 4. The fraction of sp³-hybridized carbons (Fsp3) is 0.273. The molecule has 0 spiro atoms. The Balaban J connectivity index is 3.18. The predicted molar refractivity (Wildman–Crippen MR) is 62.6 cm³/mol. The summed E-state index contributed by atoms with van der Waals surface area (Å²) in [4.78, 5) is 0. The first-order valence-corrected chi connectivity index (χ1v) is 4.88. The van der Waals surface area contributed by atoms with Crippen LogP contribution in [0, 0.1) is 0 Å². The number of hydrogen-bond acceptors (Lipinski definition) is 3. The second-order valence-electron chi connectivity index (χ2n) is 2.86. The van der Waals surface area contributed by atoms with Gasteiger partial charge in [-0.25, -0.2) is 0 Å². The second kappa shape index (κ2) is 5.63. The molecule has 0 atom stereocenters. The van der Waals surface area contributed by atoms with Crippen molar-refractivity contribution in [2.24, 2.45) is 5.73 Å². The number of nitrogens with two attached hydrogens (primary N) is 1. The molecule has 0 amide bonds. The van der Waals surface area contributed by atoms with Gasteiger partial charge in [0, 0.05) is 18.2 Å². The van der Waals surface area contributed by atoms with Gasteiger partial charge in [0.25, 0.3) is 0 Å². The Bertz CT molecular complexity index is 364. The molecule has 0 aliphatic rings. The van der Waals surface area contributed by atoms with Gasteiger partial charge in [-0.1, -0.05) is 23.8 Å². The summed E-state index contributed by atoms with van der Waals surface area (Å²) < 4.78 is 10.3. The number of ether oxygens (including phenoxy) is 2. The smallest absolute Gasteiger partial charge is 0.131 e. The Morgan fingerprint density at radius 3 is 2.60 bits per heavy atom. The van der Waals surface area contributed by atoms with Crippen molar-refractivity contribution >= 4 is 17.7 Å². The molecule has 0 unspecified atom stereocenters. The number of benzene rings is 1. The minimum Gasteiger partial charge on any atom is -0.497 e. The monoisotopic (exact) mass is 227 g/mol. The van der Waals surface area contributed by atoms with E-state index in [9.17, 15) is 0 Å². The van der Waals surface area contributed by atoms with Crippen molar-refractivity contribution in [1.29, 1.82) is 0 Å². The van der Waals surface area contributed by atoms with Gasteiger partial charge < -0.3 is 15.2 Å². The van der Waals surface area contributed by atoms with Crippen molar-refractivity contribution in [1.82, 2.24) is 0 Å². The molecule has 1 rings (SSSR count). The summed E-state index contributed by atoms with van der Waals surface area (Å²) in [7, 11) is 3.17. The van der Waals surface area contributed by atoms with Crippen LogP contribution in [-0.4, -0.2) is 20.8 Å². The fourth-order valence-corrected chi connectivity index (χ4v) is 1.47. The van der Waals surface area contributed by atoms with Crippen molar-refractivity contribution in [3.63, 3.8) is 0 Å². The molecule has 0 fully saturated rings. The highest BCUT2D eigenvalue weighted by Crippen LogP contribution is 2.32. The van der Waals surface area contributed by atoms with Crippen molar-refractivity contribution < 1.29 is 9.47 Å². The number of hydrogen-bond donors (Lipinski definition) is 1. The van der Waals surface area contributed by atoms with E-state index in [1.54, 1.807) is 26.4 Å². The standard InChI is InChI=1S/C11H14ClNO2/c1-14-8-6-10(12)9(4-3-5-13)11(7-8)15-2/h3-4,6-7H,5,13H2,1-2H3/b4-3+. The lowest BCUT2D eigenvalue weighted by Gasteiger charge is -2.09. The molecule has 0 saturated carbocycles. The van der Waals surface area contributed by atoms with E-state index in [0.29, 0.717) is 23.1 Å². The van der Waals surface area contributed by atoms with E-state index in [1.807, 2.05) is 12.2 Å². The molecule has 1 aromatic carbocycles. The minimum atomic E-state index is 0.464. The highest BCUT2D eigenvalue weighted by Gasteiger charge is 2.07. The number of halogens is 1. The average molecular weight is 228 g/mol. The quantitative estimate of drug-likeness (QED) is 0.859. The van der Waals surface area contributed by atoms with Crippen LogP contribution in [0.3, 0.4) is 0 Å². The molecule has 2 N–H and O–H groups in total. The van der Waals surface area contributed by atoms with Gasteiger partial charge in [-0.05, 0) is 6.07 Å². The van der Waals surface area contributed by atoms with Gasteiger partial charge in [0.05, 0.1) is 19.2 Å². The SMILES string of the molecule is COc1cc(Cl)c(/C=C/CN)c(OC)c1. The van der Waals surface area contributed by atoms with Crippen LogP contribution in [-0.2, 0) is 0 Å². The zero-order valence-corrected chi connectivity index (χ0v) is 9.54. The first-order chi connectivity index (χ1) is 7.22. The van der Waals surface area contributed by atoms with E-state index in [0.717, 1.165) is 5.56 Å². The lowest BCUT2D eigenvalue weighted by atomic mass is 10.1. The highest BCUT2D eigenvalue weighted by molar-refractivity contribution is 6.32. The molecule has 15 heavy (non-hydrogen) atoms. The summed E-state index contributed by atoms with van der Waals surface area (Å²) in [5, 5.41) is 0.580. The minimum absolute atomic E-state index is 0.464. The molecule has 82 valence electrons. The molecule has 3 nitrogen and oxygen atoms in total. The van der Waals surface area contributed by atoms with E-state index in [2.05, 4.69) is 0 Å². The molecular formula is C11H14ClNO2. The third kappa shape index (κ3) is 2.88. The van der Waals surface area contributed by atoms with Crippen molar-refractivity contribution in [3.8, 4) is 11.5 Å². The van der Waals surface area contributed by atoms with Gasteiger partial charge in [0.1, 0.15) is 11.5 Å². The van der Waals surface area contributed by atoms with Gasteiger partial charge in [-0.15, -0.1) is 0 Å². The zero-order chi connectivity index (χ0) is 11.3. The zero-order valence-electron chi connectivity index (χ0n) is 8.79. The average Bonchev–Trinajstić information content (AvgIpc) is 2.26. The first kappa shape index (κ1) is 11.9. The van der Waals surface area contributed by atoms with E-state index in [1.165, 1.54) is 0 Å². The van der Waals surface area contributed by atoms with E-state index in [4.69, 9.17) is 26.8 Å². The third-order valence-corrected chi connectivity index (χ3v) is 2.25. The van der Waals surface area contributed by atoms with Crippen LogP contribution in [0.2, 0.25) is 5.02 Å². The molecule has 0 aromatic heterocycles. The summed E-state index contributed by atoms with van der Waals surface area (Å²) in [6.45, 7) is 0.464. The maximum absolute atomic E-state index is 6.08. The second-order valence-corrected chi connectivity index (χ2v) is 3.27. The van der Waals surface area contributed by atoms with E-state index < -0.39 is 0 Å². The van der Waals surface area contributed by atoms with Crippen LogP contribution in [0.5, 0.6) is 11.5 Å². The van der Waals surface area contributed by atoms with Crippen molar-refractivity contribution in [2.45, 2.75) is 0 Å². The summed E-state index contributed by atoms with van der Waals surface area (Å²) in [6, 6.07) is 3.52. The summed E-state index contributed by atoms with van der Waals surface area (Å²) in [5.41, 5.74) is 6.19. The molecule has 0 aliphatic heterocycles. The molecule has 0 heterocycles. The Hall–Kier alpha value is -1.19. The molecule has 0 bridgehead atoms. The lowest BCUT2D eigenvalue weighted by Crippen LogP contribution is -1.94. The third-order valence-electron chi connectivity index (χ3n) is 1.94. The molecule has 4 heteroatoms. The van der Waals surface area contributed by atoms with Gasteiger partial charge in [0.15, 0.2) is 0 Å². The fourth-order valence-electron chi connectivity index (χ4n) is 1.20. The van der Waals surface area contributed by atoms with Crippen molar-refractivity contribution in [3.05, 3.63) is 28.8 Å². The van der Waals surface area contributed by atoms with Crippen LogP contribution in [0.1, 0.15) is 5.56 Å². The normalized spacial score (nSPS) is 10.7. The van der Waals surface area contributed by atoms with Gasteiger partial charge >= 0.3 is 0 Å². The Morgan fingerprint density at radius 1 is 1.33 bits per heavy atom. The van der Waals surface area contributed by atoms with Gasteiger partial charge in [-0.2, -0.15) is 0 Å². The maximum atomic E-state index is 6.08. The molecule has 0 aliphatic carbocycles. The molecular weight excluding hydrogens is 214 g/mol. The summed E-state index contributed by atoms with van der Waals surface area (Å²) in [6.07, 6.45) is 3.65. The van der Waals surface area contributed by atoms with Crippen molar-refractivity contribution in [2.75, 3.05) is 20.8 Å². The van der Waals surface area contributed by atoms with E-state index in [-0.39, 0.29) is 0 Å². The van der Waals surface area contributed by atoms with Crippen LogP contribution in [0.15, 0.2) is 18.2 Å². The molecule has 1 aromatic rings. The Kier molecular flexibility index (Phi) is 4.46. The number of methoxy groups -OCH3 is 2. The molecule has 0 saturated heterocycles. The van der Waals surface area contributed by atoms with Crippen LogP contribution >= 0.6 is 11.6 Å². The Morgan fingerprint density at radius 2 is 2.07 bits per heavy atom. The highest BCUT2D eigenvalue weighted by atomic mass is 35.5. The molecule has 0 radical (unpaired) electrons.